The van der Waals surface area contributed by atoms with E-state index in [-0.39, 0.29) is 12.0 Å². The van der Waals surface area contributed by atoms with E-state index in [1.807, 2.05) is 37.3 Å². The normalized spacial score (nSPS) is 13.9. The van der Waals surface area contributed by atoms with Gasteiger partial charge in [-0.25, -0.2) is 0 Å². The van der Waals surface area contributed by atoms with Crippen molar-refractivity contribution in [3.63, 3.8) is 0 Å². The van der Waals surface area contributed by atoms with Gasteiger partial charge in [-0.2, -0.15) is 0 Å². The fourth-order valence-corrected chi connectivity index (χ4v) is 3.61. The van der Waals surface area contributed by atoms with Gasteiger partial charge in [0.1, 0.15) is 11.9 Å². The second-order valence-corrected chi connectivity index (χ2v) is 8.06. The number of nitrogens with zero attached hydrogens (tertiary/aromatic N) is 1. The molecule has 2 rings (SSSR count). The fraction of sp³-hybridized carbons (Fsp3) is 0.500. The molecule has 0 bridgehead atoms. The Morgan fingerprint density at radius 3 is 1.84 bits per heavy atom. The Morgan fingerprint density at radius 2 is 1.45 bits per heavy atom. The van der Waals surface area contributed by atoms with E-state index >= 15 is 0 Å². The molecule has 0 aliphatic heterocycles. The van der Waals surface area contributed by atoms with Crippen LogP contribution in [0.15, 0.2) is 54.6 Å². The van der Waals surface area contributed by atoms with E-state index in [1.165, 1.54) is 44.5 Å². The summed E-state index contributed by atoms with van der Waals surface area (Å²) in [4.78, 5) is 11.1. The van der Waals surface area contributed by atoms with Gasteiger partial charge in [-0.1, -0.05) is 42.5 Å². The van der Waals surface area contributed by atoms with E-state index in [4.69, 9.17) is 4.74 Å². The zero-order valence-electron chi connectivity index (χ0n) is 20.3. The predicted octanol–water partition coefficient (Wildman–Crippen LogP) is 5.01. The van der Waals surface area contributed by atoms with Crippen molar-refractivity contribution in [2.24, 2.45) is 0 Å². The van der Waals surface area contributed by atoms with Crippen LogP contribution in [0.2, 0.25) is 0 Å². The third-order valence-corrected chi connectivity index (χ3v) is 6.10. The summed E-state index contributed by atoms with van der Waals surface area (Å²) >= 11 is 0. The molecule has 0 fully saturated rings. The van der Waals surface area contributed by atoms with Gasteiger partial charge in [0.25, 0.3) is 0 Å². The second kappa shape index (κ2) is 12.5. The van der Waals surface area contributed by atoms with Crippen LogP contribution in [0.25, 0.3) is 0 Å². The molecular weight excluding hydrogens is 388 g/mol. The molecule has 2 aromatic carbocycles. The quantitative estimate of drug-likeness (QED) is 0.435. The predicted molar refractivity (Wildman–Crippen MR) is 128 cm³/mol. The van der Waals surface area contributed by atoms with Gasteiger partial charge in [0, 0.05) is 12.5 Å². The average molecular weight is 430 g/mol. The number of rotatable bonds is 9. The lowest BCUT2D eigenvalue weighted by molar-refractivity contribution is -0.921. The maximum atomic E-state index is 11.1. The lowest BCUT2D eigenvalue weighted by Gasteiger charge is -2.34. The first-order valence-corrected chi connectivity index (χ1v) is 11.3. The molecule has 5 nitrogen and oxygen atoms in total. The summed E-state index contributed by atoms with van der Waals surface area (Å²) in [6, 6.07) is 17.0. The number of nitrogens with one attached hydrogen (secondary N) is 1. The van der Waals surface area contributed by atoms with E-state index in [2.05, 4.69) is 33.0 Å². The molecule has 2 N–H and O–H groups in total. The molecule has 172 valence electrons. The van der Waals surface area contributed by atoms with Crippen molar-refractivity contribution in [3.05, 3.63) is 65.7 Å². The van der Waals surface area contributed by atoms with E-state index in [0.717, 1.165) is 5.56 Å². The maximum absolute atomic E-state index is 11.1. The third-order valence-electron chi connectivity index (χ3n) is 6.10. The molecule has 0 heterocycles. The standard InChI is InChI=1S/C18H21NO3.C8H20N/c1-13(15-7-5-4-6-8-15)22-17-11-9-16(10-12-17)18(3,21)19-14(2)20;1-5-9(6-2,7-3)8-4/h4-13,21H,1-3H3,(H,19,20);5-8H2,1-4H3/q;+1. The van der Waals surface area contributed by atoms with E-state index < -0.39 is 5.72 Å². The smallest absolute Gasteiger partial charge is 0.219 e. The monoisotopic (exact) mass is 429 g/mol. The Bertz CT molecular complexity index is 751. The molecule has 1 amide bonds. The average Bonchev–Trinajstić information content (AvgIpc) is 2.76. The summed E-state index contributed by atoms with van der Waals surface area (Å²) < 4.78 is 7.16. The van der Waals surface area contributed by atoms with Gasteiger partial charge >= 0.3 is 0 Å². The number of aliphatic hydroxyl groups is 1. The minimum Gasteiger partial charge on any atom is -0.486 e. The Hall–Kier alpha value is -2.37. The maximum Gasteiger partial charge on any atom is 0.219 e. The molecule has 0 saturated heterocycles. The van der Waals surface area contributed by atoms with Crippen molar-refractivity contribution in [3.8, 4) is 5.75 Å². The first-order chi connectivity index (χ1) is 14.6. The highest BCUT2D eigenvalue weighted by Crippen LogP contribution is 2.25. The van der Waals surface area contributed by atoms with Crippen LogP contribution < -0.4 is 10.1 Å². The highest BCUT2D eigenvalue weighted by Gasteiger charge is 2.23. The Morgan fingerprint density at radius 1 is 0.968 bits per heavy atom. The third kappa shape index (κ3) is 8.35. The highest BCUT2D eigenvalue weighted by atomic mass is 16.5. The van der Waals surface area contributed by atoms with Crippen LogP contribution in [0, 0.1) is 0 Å². The number of amides is 1. The summed E-state index contributed by atoms with van der Waals surface area (Å²) in [5.74, 6) is 0.418. The number of ether oxygens (including phenoxy) is 1. The molecule has 0 saturated carbocycles. The van der Waals surface area contributed by atoms with Gasteiger partial charge in [0.15, 0.2) is 5.72 Å². The Kier molecular flexibility index (Phi) is 10.7. The molecule has 2 atom stereocenters. The lowest BCUT2D eigenvalue weighted by Crippen LogP contribution is -2.47. The topological polar surface area (TPSA) is 58.6 Å². The molecule has 2 aromatic rings. The van der Waals surface area contributed by atoms with Crippen LogP contribution in [-0.2, 0) is 10.5 Å². The highest BCUT2D eigenvalue weighted by molar-refractivity contribution is 5.73. The molecule has 0 spiro atoms. The number of benzene rings is 2. The van der Waals surface area contributed by atoms with E-state index in [1.54, 1.807) is 24.3 Å². The zero-order valence-corrected chi connectivity index (χ0v) is 20.3. The molecule has 0 aliphatic rings. The van der Waals surface area contributed by atoms with Crippen LogP contribution in [0.4, 0.5) is 0 Å². The van der Waals surface area contributed by atoms with Crippen molar-refractivity contribution in [1.29, 1.82) is 0 Å². The van der Waals surface area contributed by atoms with Crippen LogP contribution in [0.3, 0.4) is 0 Å². The van der Waals surface area contributed by atoms with Gasteiger partial charge < -0.3 is 19.6 Å². The van der Waals surface area contributed by atoms with E-state index in [0.29, 0.717) is 11.3 Å². The molecule has 5 heteroatoms. The fourth-order valence-electron chi connectivity index (χ4n) is 3.61. The summed E-state index contributed by atoms with van der Waals surface area (Å²) in [5.41, 5.74) is 0.300. The van der Waals surface area contributed by atoms with Crippen LogP contribution >= 0.6 is 0 Å². The minimum absolute atomic E-state index is 0.0668. The summed E-state index contributed by atoms with van der Waals surface area (Å²) in [7, 11) is 0. The van der Waals surface area contributed by atoms with Crippen molar-refractivity contribution in [1.82, 2.24) is 5.32 Å². The molecule has 0 aliphatic carbocycles. The van der Waals surface area contributed by atoms with Crippen molar-refractivity contribution < 1.29 is 19.1 Å². The van der Waals surface area contributed by atoms with Gasteiger partial charge in [0.05, 0.1) is 26.2 Å². The van der Waals surface area contributed by atoms with Crippen LogP contribution in [-0.4, -0.2) is 41.7 Å². The first kappa shape index (κ1) is 26.7. The van der Waals surface area contributed by atoms with Crippen molar-refractivity contribution in [2.45, 2.75) is 60.3 Å². The Labute approximate surface area is 188 Å². The molecule has 2 unspecified atom stereocenters. The van der Waals surface area contributed by atoms with Crippen molar-refractivity contribution in [2.75, 3.05) is 26.2 Å². The minimum atomic E-state index is -1.39. The van der Waals surface area contributed by atoms with Gasteiger partial charge in [-0.3, -0.25) is 4.79 Å². The summed E-state index contributed by atoms with van der Waals surface area (Å²) in [6.07, 6.45) is -0.0668. The first-order valence-electron chi connectivity index (χ1n) is 11.3. The number of carbonyl (C=O) groups excluding carboxylic acids is 1. The largest absolute Gasteiger partial charge is 0.486 e. The van der Waals surface area contributed by atoms with Gasteiger partial charge in [0.2, 0.25) is 5.91 Å². The number of quaternary nitrogens is 1. The van der Waals surface area contributed by atoms with Crippen molar-refractivity contribution >= 4 is 5.91 Å². The zero-order chi connectivity index (χ0) is 23.5. The van der Waals surface area contributed by atoms with Gasteiger partial charge in [-0.15, -0.1) is 0 Å². The summed E-state index contributed by atoms with van der Waals surface area (Å²) in [5, 5.41) is 12.7. The lowest BCUT2D eigenvalue weighted by atomic mass is 10.0. The number of carbonyl (C=O) groups is 1. The number of hydrogen-bond acceptors (Lipinski definition) is 3. The van der Waals surface area contributed by atoms with Crippen LogP contribution in [0.5, 0.6) is 5.75 Å². The van der Waals surface area contributed by atoms with E-state index in [9.17, 15) is 9.90 Å². The van der Waals surface area contributed by atoms with Gasteiger partial charge in [-0.05, 0) is 59.2 Å². The SMILES string of the molecule is CC(=O)NC(C)(O)c1ccc(OC(C)c2ccccc2)cc1.CC[N+](CC)(CC)CC. The Balaban J connectivity index is 0.000000452. The van der Waals surface area contributed by atoms with Crippen LogP contribution in [0.1, 0.15) is 65.7 Å². The summed E-state index contributed by atoms with van der Waals surface area (Å²) in [6.45, 7) is 19.1. The molecule has 31 heavy (non-hydrogen) atoms. The molecule has 0 radical (unpaired) electrons. The molecular formula is C26H41N2O3+. The molecule has 0 aromatic heterocycles. The second-order valence-electron chi connectivity index (χ2n) is 8.06. The number of hydrogen-bond donors (Lipinski definition) is 2.